The van der Waals surface area contributed by atoms with Crippen LogP contribution in [0, 0.1) is 0 Å². The van der Waals surface area contributed by atoms with Crippen molar-refractivity contribution in [3.63, 3.8) is 0 Å². The predicted octanol–water partition coefficient (Wildman–Crippen LogP) is 1.97. The summed E-state index contributed by atoms with van der Waals surface area (Å²) in [5.74, 6) is -3.27. The Labute approximate surface area is 62.4 Å². The highest BCUT2D eigenvalue weighted by Crippen LogP contribution is 2.30. The number of hydrogen-bond acceptors (Lipinski definition) is 2. The van der Waals surface area contributed by atoms with E-state index in [0.717, 1.165) is 0 Å². The van der Waals surface area contributed by atoms with Gasteiger partial charge in [0.05, 0.1) is 6.26 Å². The molecule has 0 aromatic carbocycles. The van der Waals surface area contributed by atoms with E-state index in [1.807, 2.05) is 0 Å². The topological polar surface area (TPSA) is 33.4 Å². The highest BCUT2D eigenvalue weighted by molar-refractivity contribution is 5.04. The van der Waals surface area contributed by atoms with Crippen LogP contribution in [0.3, 0.4) is 0 Å². The molecule has 0 aliphatic rings. The van der Waals surface area contributed by atoms with Crippen LogP contribution in [0.1, 0.15) is 18.8 Å². The molecule has 4 heteroatoms. The van der Waals surface area contributed by atoms with Crippen LogP contribution in [0.15, 0.2) is 22.8 Å². The summed E-state index contributed by atoms with van der Waals surface area (Å²) in [6.07, 6.45) is -0.609. The van der Waals surface area contributed by atoms with Crippen LogP contribution in [0.25, 0.3) is 0 Å². The van der Waals surface area contributed by atoms with Gasteiger partial charge in [0.2, 0.25) is 0 Å². The molecule has 1 heterocycles. The summed E-state index contributed by atoms with van der Waals surface area (Å²) >= 11 is 0. The fourth-order valence-electron chi connectivity index (χ4n) is 0.697. The third kappa shape index (κ3) is 1.77. The Morgan fingerprint density at radius 2 is 2.27 bits per heavy atom. The molecular formula is C7H8F2O2. The van der Waals surface area contributed by atoms with Crippen LogP contribution in [-0.4, -0.2) is 11.0 Å². The summed E-state index contributed by atoms with van der Waals surface area (Å²) in [6.45, 7) is 0.639. The fourth-order valence-corrected chi connectivity index (χ4v) is 0.697. The van der Waals surface area contributed by atoms with E-state index in [2.05, 4.69) is 4.42 Å². The van der Waals surface area contributed by atoms with Crippen molar-refractivity contribution >= 4 is 0 Å². The molecule has 0 spiro atoms. The lowest BCUT2D eigenvalue weighted by Crippen LogP contribution is -2.21. The molecule has 0 saturated heterocycles. The zero-order chi connectivity index (χ0) is 8.48. The number of alkyl halides is 2. The Balaban J connectivity index is 2.78. The molecule has 0 fully saturated rings. The molecule has 1 atom stereocenters. The normalized spacial score (nSPS) is 14.9. The van der Waals surface area contributed by atoms with Crippen LogP contribution in [0.2, 0.25) is 0 Å². The van der Waals surface area contributed by atoms with Crippen molar-refractivity contribution in [2.75, 3.05) is 0 Å². The summed E-state index contributed by atoms with van der Waals surface area (Å²) in [7, 11) is 0. The van der Waals surface area contributed by atoms with Gasteiger partial charge < -0.3 is 9.52 Å². The summed E-state index contributed by atoms with van der Waals surface area (Å²) in [5, 5.41) is 8.90. The van der Waals surface area contributed by atoms with Crippen molar-refractivity contribution in [2.24, 2.45) is 0 Å². The van der Waals surface area contributed by atoms with Gasteiger partial charge in [0.1, 0.15) is 5.76 Å². The molecule has 1 unspecified atom stereocenters. The van der Waals surface area contributed by atoms with Gasteiger partial charge in [0.25, 0.3) is 5.92 Å². The number of halogens is 2. The van der Waals surface area contributed by atoms with Gasteiger partial charge in [0, 0.05) is 6.92 Å². The van der Waals surface area contributed by atoms with Gasteiger partial charge in [-0.2, -0.15) is 0 Å². The minimum atomic E-state index is -3.15. The van der Waals surface area contributed by atoms with Crippen LogP contribution < -0.4 is 0 Å². The van der Waals surface area contributed by atoms with E-state index in [9.17, 15) is 8.78 Å². The van der Waals surface area contributed by atoms with Crippen LogP contribution in [0.4, 0.5) is 8.78 Å². The monoisotopic (exact) mass is 162 g/mol. The van der Waals surface area contributed by atoms with Gasteiger partial charge in [-0.25, -0.2) is 8.78 Å². The molecule has 11 heavy (non-hydrogen) atoms. The Hall–Kier alpha value is -0.900. The SMILES string of the molecule is CC(F)(F)C(O)c1ccco1. The third-order valence-corrected chi connectivity index (χ3v) is 1.29. The lowest BCUT2D eigenvalue weighted by molar-refractivity contribution is -0.104. The lowest BCUT2D eigenvalue weighted by atomic mass is 10.2. The van der Waals surface area contributed by atoms with E-state index in [1.165, 1.54) is 18.4 Å². The standard InChI is InChI=1S/C7H8F2O2/c1-7(8,9)6(10)5-3-2-4-11-5/h2-4,6,10H,1H3. The highest BCUT2D eigenvalue weighted by atomic mass is 19.3. The number of hydrogen-bond donors (Lipinski definition) is 1. The second kappa shape index (κ2) is 2.62. The molecule has 1 rings (SSSR count). The molecule has 2 nitrogen and oxygen atoms in total. The minimum Gasteiger partial charge on any atom is -0.466 e. The van der Waals surface area contributed by atoms with E-state index in [-0.39, 0.29) is 5.76 Å². The first-order chi connectivity index (χ1) is 5.02. The smallest absolute Gasteiger partial charge is 0.277 e. The number of furan rings is 1. The third-order valence-electron chi connectivity index (χ3n) is 1.29. The van der Waals surface area contributed by atoms with Crippen molar-refractivity contribution in [3.8, 4) is 0 Å². The highest BCUT2D eigenvalue weighted by Gasteiger charge is 2.35. The number of aliphatic hydroxyl groups is 1. The maximum Gasteiger partial charge on any atom is 0.277 e. The molecule has 0 radical (unpaired) electrons. The van der Waals surface area contributed by atoms with Crippen molar-refractivity contribution < 1.29 is 18.3 Å². The van der Waals surface area contributed by atoms with Gasteiger partial charge in [-0.05, 0) is 12.1 Å². The first-order valence-corrected chi connectivity index (χ1v) is 3.11. The minimum absolute atomic E-state index is 0.113. The quantitative estimate of drug-likeness (QED) is 0.721. The van der Waals surface area contributed by atoms with E-state index in [4.69, 9.17) is 5.11 Å². The van der Waals surface area contributed by atoms with Crippen LogP contribution in [-0.2, 0) is 0 Å². The Morgan fingerprint density at radius 1 is 1.64 bits per heavy atom. The van der Waals surface area contributed by atoms with Crippen LogP contribution >= 0.6 is 0 Å². The second-order valence-electron chi connectivity index (χ2n) is 2.37. The summed E-state index contributed by atoms with van der Waals surface area (Å²) < 4.78 is 29.3. The Morgan fingerprint density at radius 3 is 2.64 bits per heavy atom. The molecule has 1 aromatic rings. The van der Waals surface area contributed by atoms with Crippen molar-refractivity contribution in [2.45, 2.75) is 19.0 Å². The summed E-state index contributed by atoms with van der Waals surface area (Å²) in [4.78, 5) is 0. The van der Waals surface area contributed by atoms with Gasteiger partial charge in [-0.3, -0.25) is 0 Å². The largest absolute Gasteiger partial charge is 0.466 e. The molecular weight excluding hydrogens is 154 g/mol. The van der Waals surface area contributed by atoms with Crippen molar-refractivity contribution in [3.05, 3.63) is 24.2 Å². The fraction of sp³-hybridized carbons (Fsp3) is 0.429. The van der Waals surface area contributed by atoms with E-state index >= 15 is 0 Å². The van der Waals surface area contributed by atoms with E-state index < -0.39 is 12.0 Å². The average Bonchev–Trinajstić information content (AvgIpc) is 2.34. The molecule has 0 aliphatic heterocycles. The zero-order valence-electron chi connectivity index (χ0n) is 5.92. The molecule has 0 aliphatic carbocycles. The molecule has 62 valence electrons. The second-order valence-corrected chi connectivity index (χ2v) is 2.37. The predicted molar refractivity (Wildman–Crippen MR) is 34.3 cm³/mol. The van der Waals surface area contributed by atoms with Gasteiger partial charge >= 0.3 is 0 Å². The van der Waals surface area contributed by atoms with E-state index in [1.54, 1.807) is 0 Å². The maximum absolute atomic E-state index is 12.4. The first-order valence-electron chi connectivity index (χ1n) is 3.11. The summed E-state index contributed by atoms with van der Waals surface area (Å²) in [6, 6.07) is 2.76. The molecule has 1 N–H and O–H groups in total. The summed E-state index contributed by atoms with van der Waals surface area (Å²) in [5.41, 5.74) is 0. The average molecular weight is 162 g/mol. The Kier molecular flexibility index (Phi) is 1.95. The molecule has 0 saturated carbocycles. The molecule has 0 amide bonds. The number of aliphatic hydroxyl groups excluding tert-OH is 1. The zero-order valence-corrected chi connectivity index (χ0v) is 5.92. The van der Waals surface area contributed by atoms with Crippen molar-refractivity contribution in [1.82, 2.24) is 0 Å². The lowest BCUT2D eigenvalue weighted by Gasteiger charge is -2.14. The van der Waals surface area contributed by atoms with E-state index in [0.29, 0.717) is 6.92 Å². The molecule has 0 bridgehead atoms. The van der Waals surface area contributed by atoms with Gasteiger partial charge in [-0.15, -0.1) is 0 Å². The van der Waals surface area contributed by atoms with Gasteiger partial charge in [0.15, 0.2) is 6.10 Å². The number of rotatable bonds is 2. The maximum atomic E-state index is 12.4. The molecule has 1 aromatic heterocycles. The van der Waals surface area contributed by atoms with Gasteiger partial charge in [-0.1, -0.05) is 0 Å². The first kappa shape index (κ1) is 8.20. The van der Waals surface area contributed by atoms with Crippen LogP contribution in [0.5, 0.6) is 0 Å². The Bertz CT molecular complexity index is 213. The van der Waals surface area contributed by atoms with Crippen molar-refractivity contribution in [1.29, 1.82) is 0 Å².